The second-order valence-corrected chi connectivity index (χ2v) is 8.02. The monoisotopic (exact) mass is 460 g/mol. The van der Waals surface area contributed by atoms with Crippen LogP contribution in [0, 0.1) is 5.92 Å². The molecule has 0 saturated carbocycles. The Morgan fingerprint density at radius 2 is 2.09 bits per heavy atom. The Balaban J connectivity index is 0.00000484. The molecule has 0 aliphatic carbocycles. The van der Waals surface area contributed by atoms with Crippen LogP contribution in [0.4, 0.5) is 0 Å². The Morgan fingerprint density at radius 1 is 1.39 bits per heavy atom. The van der Waals surface area contributed by atoms with Gasteiger partial charge in [-0.15, -0.1) is 24.0 Å². The molecule has 0 aromatic rings. The Labute approximate surface area is 159 Å². The molecule has 0 amide bonds. The summed E-state index contributed by atoms with van der Waals surface area (Å²) < 4.78 is 24.6. The van der Waals surface area contributed by atoms with Crippen LogP contribution >= 0.6 is 24.0 Å². The largest absolute Gasteiger partial charge is 0.357 e. The number of hydrogen-bond acceptors (Lipinski definition) is 3. The first-order valence-electron chi connectivity index (χ1n) is 8.36. The van der Waals surface area contributed by atoms with E-state index in [0.29, 0.717) is 25.6 Å². The lowest BCUT2D eigenvalue weighted by Crippen LogP contribution is -2.46. The first-order chi connectivity index (χ1) is 10.4. The van der Waals surface area contributed by atoms with E-state index in [4.69, 9.17) is 0 Å². The van der Waals surface area contributed by atoms with Gasteiger partial charge >= 0.3 is 0 Å². The zero-order chi connectivity index (χ0) is 16.6. The number of halogens is 1. The summed E-state index contributed by atoms with van der Waals surface area (Å²) in [6, 6.07) is 0. The second-order valence-electron chi connectivity index (χ2n) is 6.04. The van der Waals surface area contributed by atoms with Crippen molar-refractivity contribution in [2.45, 2.75) is 40.0 Å². The molecule has 0 aromatic heterocycles. The van der Waals surface area contributed by atoms with Crippen molar-refractivity contribution >= 4 is 40.0 Å². The SMILES string of the molecule is CCNC(=NCCCN(CC)S(C)(=O)=O)N1CCCC(C)C1.I. The highest BCUT2D eigenvalue weighted by Gasteiger charge is 2.19. The summed E-state index contributed by atoms with van der Waals surface area (Å²) in [5.74, 6) is 1.68. The zero-order valence-electron chi connectivity index (χ0n) is 14.9. The molecule has 8 heteroatoms. The van der Waals surface area contributed by atoms with E-state index < -0.39 is 10.0 Å². The lowest BCUT2D eigenvalue weighted by Gasteiger charge is -2.33. The molecule has 0 spiro atoms. The van der Waals surface area contributed by atoms with Crippen LogP contribution in [0.25, 0.3) is 0 Å². The topological polar surface area (TPSA) is 65.0 Å². The number of guanidine groups is 1. The quantitative estimate of drug-likeness (QED) is 0.273. The Morgan fingerprint density at radius 3 is 2.61 bits per heavy atom. The maximum atomic E-state index is 11.5. The van der Waals surface area contributed by atoms with Crippen LogP contribution in [0.15, 0.2) is 4.99 Å². The number of nitrogens with zero attached hydrogens (tertiary/aromatic N) is 3. The molecule has 1 heterocycles. The summed E-state index contributed by atoms with van der Waals surface area (Å²) in [5, 5.41) is 3.35. The maximum Gasteiger partial charge on any atom is 0.211 e. The van der Waals surface area contributed by atoms with Crippen molar-refractivity contribution < 1.29 is 8.42 Å². The van der Waals surface area contributed by atoms with E-state index in [1.165, 1.54) is 23.4 Å². The second kappa shape index (κ2) is 11.5. The van der Waals surface area contributed by atoms with Gasteiger partial charge in [-0.3, -0.25) is 4.99 Å². The number of aliphatic imine (C=N–C) groups is 1. The van der Waals surface area contributed by atoms with Crippen molar-refractivity contribution in [3.8, 4) is 0 Å². The van der Waals surface area contributed by atoms with Crippen molar-refractivity contribution in [1.82, 2.24) is 14.5 Å². The lowest BCUT2D eigenvalue weighted by atomic mass is 10.0. The van der Waals surface area contributed by atoms with Crippen LogP contribution < -0.4 is 5.32 Å². The van der Waals surface area contributed by atoms with Gasteiger partial charge in [-0.05, 0) is 32.1 Å². The maximum absolute atomic E-state index is 11.5. The highest BCUT2D eigenvalue weighted by atomic mass is 127. The lowest BCUT2D eigenvalue weighted by molar-refractivity contribution is 0.266. The third-order valence-electron chi connectivity index (χ3n) is 3.94. The number of piperidine rings is 1. The third kappa shape index (κ3) is 8.53. The van der Waals surface area contributed by atoms with Gasteiger partial charge < -0.3 is 10.2 Å². The van der Waals surface area contributed by atoms with Gasteiger partial charge in [-0.2, -0.15) is 0 Å². The first-order valence-corrected chi connectivity index (χ1v) is 10.2. The van der Waals surface area contributed by atoms with Crippen LogP contribution in [0.5, 0.6) is 0 Å². The highest BCUT2D eigenvalue weighted by Crippen LogP contribution is 2.15. The molecular formula is C15H33IN4O2S. The van der Waals surface area contributed by atoms with Crippen LogP contribution in [0.3, 0.4) is 0 Å². The summed E-state index contributed by atoms with van der Waals surface area (Å²) in [4.78, 5) is 7.00. The van der Waals surface area contributed by atoms with Crippen LogP contribution in [0.2, 0.25) is 0 Å². The standard InChI is InChI=1S/C15H32N4O2S.HI/c1-5-16-15(18-11-7-9-14(3)13-18)17-10-8-12-19(6-2)22(4,20)21;/h14H,5-13H2,1-4H3,(H,16,17);1H. The van der Waals surface area contributed by atoms with Gasteiger partial charge in [0.25, 0.3) is 0 Å². The van der Waals surface area contributed by atoms with Crippen LogP contribution in [-0.2, 0) is 10.0 Å². The molecule has 1 fully saturated rings. The van der Waals surface area contributed by atoms with Gasteiger partial charge in [-0.25, -0.2) is 12.7 Å². The number of likely N-dealkylation sites (tertiary alicyclic amines) is 1. The molecular weight excluding hydrogens is 427 g/mol. The van der Waals surface area contributed by atoms with E-state index in [0.717, 1.165) is 32.0 Å². The number of rotatable bonds is 7. The molecule has 0 aromatic carbocycles. The molecule has 0 bridgehead atoms. The number of sulfonamides is 1. The van der Waals surface area contributed by atoms with Gasteiger partial charge in [0.05, 0.1) is 6.26 Å². The number of hydrogen-bond donors (Lipinski definition) is 1. The predicted molar refractivity (Wildman–Crippen MR) is 108 cm³/mol. The minimum absolute atomic E-state index is 0. The van der Waals surface area contributed by atoms with E-state index in [2.05, 4.69) is 29.1 Å². The van der Waals surface area contributed by atoms with E-state index in [-0.39, 0.29) is 24.0 Å². The van der Waals surface area contributed by atoms with Crippen LogP contribution in [-0.4, -0.2) is 69.1 Å². The smallest absolute Gasteiger partial charge is 0.211 e. The van der Waals surface area contributed by atoms with E-state index in [1.54, 1.807) is 0 Å². The van der Waals surface area contributed by atoms with E-state index >= 15 is 0 Å². The minimum Gasteiger partial charge on any atom is -0.357 e. The molecule has 1 N–H and O–H groups in total. The molecule has 1 saturated heterocycles. The number of nitrogens with one attached hydrogen (secondary N) is 1. The summed E-state index contributed by atoms with van der Waals surface area (Å²) in [7, 11) is -3.09. The molecule has 1 atom stereocenters. The molecule has 23 heavy (non-hydrogen) atoms. The molecule has 1 unspecified atom stereocenters. The Hall–Kier alpha value is -0.0900. The fourth-order valence-electron chi connectivity index (χ4n) is 2.80. The first kappa shape index (κ1) is 22.9. The molecule has 1 rings (SSSR count). The molecule has 0 radical (unpaired) electrons. The fourth-order valence-corrected chi connectivity index (χ4v) is 3.73. The van der Waals surface area contributed by atoms with Crippen LogP contribution in [0.1, 0.15) is 40.0 Å². The normalized spacial score (nSPS) is 19.6. The van der Waals surface area contributed by atoms with Gasteiger partial charge in [-0.1, -0.05) is 13.8 Å². The molecule has 138 valence electrons. The molecule has 1 aliphatic heterocycles. The highest BCUT2D eigenvalue weighted by molar-refractivity contribution is 14.0. The Bertz CT molecular complexity index is 456. The van der Waals surface area contributed by atoms with Gasteiger partial charge in [0.15, 0.2) is 5.96 Å². The average molecular weight is 460 g/mol. The third-order valence-corrected chi connectivity index (χ3v) is 5.32. The minimum atomic E-state index is -3.09. The predicted octanol–water partition coefficient (Wildman–Crippen LogP) is 1.97. The summed E-state index contributed by atoms with van der Waals surface area (Å²) in [6.45, 7) is 10.9. The molecule has 6 nitrogen and oxygen atoms in total. The van der Waals surface area contributed by atoms with Crippen molar-refractivity contribution in [3.63, 3.8) is 0 Å². The van der Waals surface area contributed by atoms with Crippen molar-refractivity contribution in [3.05, 3.63) is 0 Å². The van der Waals surface area contributed by atoms with E-state index in [1.807, 2.05) is 6.92 Å². The average Bonchev–Trinajstić information content (AvgIpc) is 2.44. The Kier molecular flexibility index (Phi) is 11.4. The zero-order valence-corrected chi connectivity index (χ0v) is 18.1. The summed E-state index contributed by atoms with van der Waals surface area (Å²) in [6.07, 6.45) is 4.51. The van der Waals surface area contributed by atoms with Gasteiger partial charge in [0.2, 0.25) is 10.0 Å². The van der Waals surface area contributed by atoms with Crippen molar-refractivity contribution in [2.24, 2.45) is 10.9 Å². The van der Waals surface area contributed by atoms with Gasteiger partial charge in [0, 0.05) is 39.3 Å². The summed E-state index contributed by atoms with van der Waals surface area (Å²) >= 11 is 0. The van der Waals surface area contributed by atoms with Crippen molar-refractivity contribution in [2.75, 3.05) is 45.5 Å². The van der Waals surface area contributed by atoms with E-state index in [9.17, 15) is 8.42 Å². The molecule has 1 aliphatic rings. The fraction of sp³-hybridized carbons (Fsp3) is 0.933. The van der Waals surface area contributed by atoms with Gasteiger partial charge in [0.1, 0.15) is 0 Å². The van der Waals surface area contributed by atoms with Crippen molar-refractivity contribution in [1.29, 1.82) is 0 Å². The summed E-state index contributed by atoms with van der Waals surface area (Å²) in [5.41, 5.74) is 0.